The van der Waals surface area contributed by atoms with Crippen molar-refractivity contribution in [2.24, 2.45) is 0 Å². The fraction of sp³-hybridized carbons (Fsp3) is 0.158. The molecule has 0 aliphatic rings. The number of thioether (sulfide) groups is 1. The zero-order valence-corrected chi connectivity index (χ0v) is 14.5. The number of nitrogens with one attached hydrogen (secondary N) is 1. The van der Waals surface area contributed by atoms with Crippen LogP contribution in [0.4, 0.5) is 5.69 Å². The van der Waals surface area contributed by atoms with Crippen LogP contribution in [-0.2, 0) is 9.53 Å². The summed E-state index contributed by atoms with van der Waals surface area (Å²) in [5.74, 6) is -0.567. The molecule has 1 amide bonds. The van der Waals surface area contributed by atoms with Crippen molar-refractivity contribution in [3.63, 3.8) is 0 Å². The second-order valence-corrected chi connectivity index (χ2v) is 6.22. The molecule has 2 aromatic carbocycles. The molecule has 128 valence electrons. The maximum Gasteiger partial charge on any atom is 0.376 e. The van der Waals surface area contributed by atoms with Gasteiger partial charge in [-0.05, 0) is 31.2 Å². The number of para-hydroxylation sites is 1. The molecule has 0 aliphatic carbocycles. The van der Waals surface area contributed by atoms with E-state index in [0.717, 1.165) is 4.90 Å². The van der Waals surface area contributed by atoms with Gasteiger partial charge < -0.3 is 14.5 Å². The molecule has 0 atom stereocenters. The van der Waals surface area contributed by atoms with Crippen molar-refractivity contribution in [1.29, 1.82) is 0 Å². The molecule has 25 heavy (non-hydrogen) atoms. The Balaban J connectivity index is 1.80. The Bertz CT molecular complexity index is 889. The van der Waals surface area contributed by atoms with Crippen molar-refractivity contribution in [2.75, 3.05) is 17.7 Å². The first-order chi connectivity index (χ1) is 12.2. The van der Waals surface area contributed by atoms with Crippen molar-refractivity contribution < 1.29 is 18.7 Å². The van der Waals surface area contributed by atoms with Crippen LogP contribution >= 0.6 is 11.8 Å². The van der Waals surface area contributed by atoms with Crippen LogP contribution in [-0.4, -0.2) is 24.2 Å². The van der Waals surface area contributed by atoms with E-state index >= 15 is 0 Å². The number of carbonyl (C=O) groups is 2. The highest BCUT2D eigenvalue weighted by molar-refractivity contribution is 8.00. The molecule has 6 heteroatoms. The Kier molecular flexibility index (Phi) is 5.40. The van der Waals surface area contributed by atoms with E-state index in [1.165, 1.54) is 11.8 Å². The van der Waals surface area contributed by atoms with Gasteiger partial charge in [0.25, 0.3) is 0 Å². The molecule has 1 N–H and O–H groups in total. The van der Waals surface area contributed by atoms with Crippen molar-refractivity contribution >= 4 is 40.3 Å². The van der Waals surface area contributed by atoms with Crippen LogP contribution in [0.1, 0.15) is 17.5 Å². The van der Waals surface area contributed by atoms with Gasteiger partial charge in [-0.15, -0.1) is 11.8 Å². The first kappa shape index (κ1) is 17.1. The zero-order chi connectivity index (χ0) is 17.6. The third kappa shape index (κ3) is 4.03. The average Bonchev–Trinajstić information content (AvgIpc) is 3.00. The van der Waals surface area contributed by atoms with Gasteiger partial charge in [-0.1, -0.05) is 30.3 Å². The number of rotatable bonds is 6. The number of hydrogen-bond acceptors (Lipinski definition) is 5. The minimum atomic E-state index is -0.593. The smallest absolute Gasteiger partial charge is 0.376 e. The molecule has 1 heterocycles. The second-order valence-electron chi connectivity index (χ2n) is 5.17. The highest BCUT2D eigenvalue weighted by atomic mass is 32.2. The van der Waals surface area contributed by atoms with Crippen molar-refractivity contribution in [1.82, 2.24) is 0 Å². The summed E-state index contributed by atoms with van der Waals surface area (Å²) >= 11 is 1.42. The largest absolute Gasteiger partial charge is 0.460 e. The summed E-state index contributed by atoms with van der Waals surface area (Å²) in [6.45, 7) is 1.95. The molecule has 0 aliphatic heterocycles. The Hall–Kier alpha value is -2.73. The lowest BCUT2D eigenvalue weighted by Gasteiger charge is -2.06. The van der Waals surface area contributed by atoms with E-state index in [0.29, 0.717) is 16.7 Å². The number of carbonyl (C=O) groups excluding carboxylic acids is 2. The SMILES string of the molecule is CCOC(=O)c1oc2ccccc2c1NC(=O)CSc1ccccc1. The van der Waals surface area contributed by atoms with Crippen LogP contribution in [0.25, 0.3) is 11.0 Å². The van der Waals surface area contributed by atoms with Crippen LogP contribution in [0, 0.1) is 0 Å². The topological polar surface area (TPSA) is 68.5 Å². The van der Waals surface area contributed by atoms with Gasteiger partial charge in [-0.25, -0.2) is 4.79 Å². The molecular formula is C19H17NO4S. The fourth-order valence-corrected chi connectivity index (χ4v) is 3.07. The second kappa shape index (κ2) is 7.90. The van der Waals surface area contributed by atoms with Gasteiger partial charge >= 0.3 is 5.97 Å². The lowest BCUT2D eigenvalue weighted by atomic mass is 10.2. The first-order valence-electron chi connectivity index (χ1n) is 7.85. The minimum Gasteiger partial charge on any atom is -0.460 e. The molecular weight excluding hydrogens is 338 g/mol. The van der Waals surface area contributed by atoms with Crippen molar-refractivity contribution in [2.45, 2.75) is 11.8 Å². The number of fused-ring (bicyclic) bond motifs is 1. The molecule has 0 saturated carbocycles. The highest BCUT2D eigenvalue weighted by Crippen LogP contribution is 2.31. The van der Waals surface area contributed by atoms with Gasteiger partial charge in [0.05, 0.1) is 12.4 Å². The molecule has 1 aromatic heterocycles. The van der Waals surface area contributed by atoms with E-state index in [1.807, 2.05) is 36.4 Å². The number of ether oxygens (including phenoxy) is 1. The molecule has 0 fully saturated rings. The van der Waals surface area contributed by atoms with E-state index in [9.17, 15) is 9.59 Å². The standard InChI is InChI=1S/C19H17NO4S/c1-2-23-19(22)18-17(14-10-6-7-11-15(14)24-18)20-16(21)12-25-13-8-4-3-5-9-13/h3-11H,2,12H2,1H3,(H,20,21). The van der Waals surface area contributed by atoms with Crippen LogP contribution in [0.15, 0.2) is 63.9 Å². The van der Waals surface area contributed by atoms with Gasteiger partial charge in [0.2, 0.25) is 11.7 Å². The van der Waals surface area contributed by atoms with E-state index in [1.54, 1.807) is 25.1 Å². The predicted molar refractivity (Wildman–Crippen MR) is 98.0 cm³/mol. The number of amides is 1. The first-order valence-corrected chi connectivity index (χ1v) is 8.84. The molecule has 3 aromatic rings. The number of anilines is 1. The Morgan fingerprint density at radius 3 is 2.56 bits per heavy atom. The molecule has 0 radical (unpaired) electrons. The van der Waals surface area contributed by atoms with Crippen molar-refractivity contribution in [3.8, 4) is 0 Å². The molecule has 0 unspecified atom stereocenters. The summed E-state index contributed by atoms with van der Waals surface area (Å²) in [6, 6.07) is 16.8. The maximum atomic E-state index is 12.3. The third-order valence-corrected chi connectivity index (χ3v) is 4.45. The molecule has 5 nitrogen and oxygen atoms in total. The molecule has 0 spiro atoms. The summed E-state index contributed by atoms with van der Waals surface area (Å²) in [6.07, 6.45) is 0. The monoisotopic (exact) mass is 355 g/mol. The highest BCUT2D eigenvalue weighted by Gasteiger charge is 2.23. The van der Waals surface area contributed by atoms with E-state index in [4.69, 9.17) is 9.15 Å². The fourth-order valence-electron chi connectivity index (χ4n) is 2.35. The molecule has 0 bridgehead atoms. The number of hydrogen-bond donors (Lipinski definition) is 1. The zero-order valence-electron chi connectivity index (χ0n) is 13.7. The van der Waals surface area contributed by atoms with Gasteiger partial charge in [0.1, 0.15) is 11.3 Å². The van der Waals surface area contributed by atoms with E-state index in [2.05, 4.69) is 5.32 Å². The summed E-state index contributed by atoms with van der Waals surface area (Å²) in [5, 5.41) is 3.46. The maximum absolute atomic E-state index is 12.3. The lowest BCUT2D eigenvalue weighted by Crippen LogP contribution is -2.16. The summed E-state index contributed by atoms with van der Waals surface area (Å²) in [4.78, 5) is 25.5. The Labute approximate surface area is 149 Å². The van der Waals surface area contributed by atoms with Gasteiger partial charge in [-0.3, -0.25) is 4.79 Å². The molecule has 3 rings (SSSR count). The van der Waals surface area contributed by atoms with E-state index in [-0.39, 0.29) is 24.0 Å². The Morgan fingerprint density at radius 1 is 1.08 bits per heavy atom. The Morgan fingerprint density at radius 2 is 1.80 bits per heavy atom. The van der Waals surface area contributed by atoms with Gasteiger partial charge in [0, 0.05) is 10.3 Å². The minimum absolute atomic E-state index is 0.0149. The predicted octanol–water partition coefficient (Wildman–Crippen LogP) is 4.34. The molecule has 0 saturated heterocycles. The van der Waals surface area contributed by atoms with Gasteiger partial charge in [0.15, 0.2) is 0 Å². The van der Waals surface area contributed by atoms with Crippen molar-refractivity contribution in [3.05, 3.63) is 60.4 Å². The third-order valence-electron chi connectivity index (χ3n) is 3.43. The van der Waals surface area contributed by atoms with Crippen LogP contribution in [0.2, 0.25) is 0 Å². The number of furan rings is 1. The van der Waals surface area contributed by atoms with Gasteiger partial charge in [-0.2, -0.15) is 0 Å². The number of benzene rings is 2. The quantitative estimate of drug-likeness (QED) is 0.526. The van der Waals surface area contributed by atoms with Crippen LogP contribution < -0.4 is 5.32 Å². The summed E-state index contributed by atoms with van der Waals surface area (Å²) in [5.41, 5.74) is 0.879. The van der Waals surface area contributed by atoms with Crippen LogP contribution in [0.3, 0.4) is 0 Å². The van der Waals surface area contributed by atoms with E-state index < -0.39 is 5.97 Å². The summed E-state index contributed by atoms with van der Waals surface area (Å²) in [7, 11) is 0. The lowest BCUT2D eigenvalue weighted by molar-refractivity contribution is -0.113. The summed E-state index contributed by atoms with van der Waals surface area (Å²) < 4.78 is 10.6. The van der Waals surface area contributed by atoms with Crippen LogP contribution in [0.5, 0.6) is 0 Å². The number of esters is 1. The average molecular weight is 355 g/mol. The normalized spacial score (nSPS) is 10.6.